The molecule has 7 heteroatoms. The third-order valence-electron chi connectivity index (χ3n) is 4.48. The van der Waals surface area contributed by atoms with Gasteiger partial charge in [-0.05, 0) is 30.2 Å². The molecule has 2 unspecified atom stereocenters. The van der Waals surface area contributed by atoms with Crippen LogP contribution in [0.15, 0.2) is 48.5 Å². The van der Waals surface area contributed by atoms with Crippen molar-refractivity contribution < 1.29 is 9.53 Å². The first-order valence-electron chi connectivity index (χ1n) is 8.10. The minimum Gasteiger partial charge on any atom is -0.497 e. The second-order valence-electron chi connectivity index (χ2n) is 6.03. The Kier molecular flexibility index (Phi) is 4.38. The van der Waals surface area contributed by atoms with Crippen LogP contribution < -0.4 is 9.64 Å². The molecule has 0 radical (unpaired) electrons. The smallest absolute Gasteiger partial charge is 0.250 e. The molecule has 2 atom stereocenters. The zero-order valence-corrected chi connectivity index (χ0v) is 15.8. The molecule has 1 aliphatic heterocycles. The van der Waals surface area contributed by atoms with Gasteiger partial charge in [0, 0.05) is 5.56 Å². The maximum Gasteiger partial charge on any atom is 0.250 e. The Morgan fingerprint density at radius 3 is 2.54 bits per heavy atom. The molecule has 2 aromatic carbocycles. The van der Waals surface area contributed by atoms with E-state index < -0.39 is 5.38 Å². The minimum atomic E-state index is -0.603. The highest BCUT2D eigenvalue weighted by molar-refractivity contribution is 7.18. The molecule has 26 heavy (non-hydrogen) atoms. The molecule has 4 rings (SSSR count). The highest BCUT2D eigenvalue weighted by Gasteiger charge is 2.49. The third-order valence-corrected chi connectivity index (χ3v) is 5.86. The van der Waals surface area contributed by atoms with Crippen molar-refractivity contribution in [3.05, 3.63) is 59.7 Å². The van der Waals surface area contributed by atoms with Crippen LogP contribution in [0.3, 0.4) is 0 Å². The molecule has 132 valence electrons. The lowest BCUT2D eigenvalue weighted by molar-refractivity contribution is -0.123. The lowest BCUT2D eigenvalue weighted by Crippen LogP contribution is -2.56. The number of ether oxygens (including phenoxy) is 1. The van der Waals surface area contributed by atoms with Crippen molar-refractivity contribution in [3.8, 4) is 16.3 Å². The van der Waals surface area contributed by atoms with Crippen molar-refractivity contribution in [1.82, 2.24) is 10.2 Å². The molecule has 2 heterocycles. The van der Waals surface area contributed by atoms with Crippen molar-refractivity contribution in [2.24, 2.45) is 0 Å². The van der Waals surface area contributed by atoms with Crippen LogP contribution in [-0.4, -0.2) is 28.6 Å². The Balaban J connectivity index is 1.66. The second kappa shape index (κ2) is 6.70. The fourth-order valence-electron chi connectivity index (χ4n) is 3.02. The molecular weight excluding hydrogens is 370 g/mol. The Labute approximate surface area is 160 Å². The summed E-state index contributed by atoms with van der Waals surface area (Å²) >= 11 is 7.70. The van der Waals surface area contributed by atoms with E-state index in [1.807, 2.05) is 55.5 Å². The fraction of sp³-hybridized carbons (Fsp3) is 0.211. The van der Waals surface area contributed by atoms with Gasteiger partial charge in [-0.1, -0.05) is 47.7 Å². The molecule has 1 fully saturated rings. The number of carbonyl (C=O) groups excluding carboxylic acids is 1. The second-order valence-corrected chi connectivity index (χ2v) is 7.46. The van der Waals surface area contributed by atoms with Gasteiger partial charge in [0.1, 0.15) is 16.1 Å². The van der Waals surface area contributed by atoms with Crippen molar-refractivity contribution >= 4 is 34.0 Å². The summed E-state index contributed by atoms with van der Waals surface area (Å²) in [4.78, 5) is 14.0. The minimum absolute atomic E-state index is 0.153. The molecule has 1 aliphatic rings. The topological polar surface area (TPSA) is 55.3 Å². The molecule has 0 N–H and O–H groups in total. The van der Waals surface area contributed by atoms with E-state index in [4.69, 9.17) is 16.3 Å². The average molecular weight is 386 g/mol. The zero-order valence-electron chi connectivity index (χ0n) is 14.2. The largest absolute Gasteiger partial charge is 0.497 e. The predicted octanol–water partition coefficient (Wildman–Crippen LogP) is 4.22. The van der Waals surface area contributed by atoms with Crippen molar-refractivity contribution in [3.63, 3.8) is 0 Å². The van der Waals surface area contributed by atoms with Gasteiger partial charge in [0.05, 0.1) is 13.2 Å². The number of hydrogen-bond acceptors (Lipinski definition) is 5. The molecule has 0 spiro atoms. The number of benzene rings is 2. The Morgan fingerprint density at radius 1 is 1.12 bits per heavy atom. The molecule has 1 saturated heterocycles. The normalized spacial score (nSPS) is 19.3. The highest BCUT2D eigenvalue weighted by atomic mass is 35.5. The van der Waals surface area contributed by atoms with Crippen LogP contribution >= 0.6 is 22.9 Å². The van der Waals surface area contributed by atoms with E-state index in [1.54, 1.807) is 12.0 Å². The van der Waals surface area contributed by atoms with Gasteiger partial charge >= 0.3 is 0 Å². The Hall–Kier alpha value is -2.44. The van der Waals surface area contributed by atoms with Gasteiger partial charge in [-0.25, -0.2) is 0 Å². The van der Waals surface area contributed by atoms with E-state index in [1.165, 1.54) is 11.3 Å². The van der Waals surface area contributed by atoms with Crippen LogP contribution in [-0.2, 0) is 4.79 Å². The fourth-order valence-corrected chi connectivity index (χ4v) is 4.36. The summed E-state index contributed by atoms with van der Waals surface area (Å²) in [6, 6.07) is 15.3. The van der Waals surface area contributed by atoms with E-state index >= 15 is 0 Å². The summed E-state index contributed by atoms with van der Waals surface area (Å²) in [7, 11) is 1.62. The van der Waals surface area contributed by atoms with Crippen LogP contribution in [0.25, 0.3) is 10.6 Å². The maximum atomic E-state index is 12.4. The van der Waals surface area contributed by atoms with Crippen LogP contribution in [0.4, 0.5) is 5.13 Å². The van der Waals surface area contributed by atoms with Gasteiger partial charge in [0.25, 0.3) is 0 Å². The lowest BCUT2D eigenvalue weighted by Gasteiger charge is -2.42. The Morgan fingerprint density at radius 2 is 1.85 bits per heavy atom. The molecule has 0 saturated carbocycles. The van der Waals surface area contributed by atoms with Crippen LogP contribution in [0.2, 0.25) is 0 Å². The van der Waals surface area contributed by atoms with E-state index in [9.17, 15) is 4.79 Å². The number of carbonyl (C=O) groups is 1. The van der Waals surface area contributed by atoms with Crippen LogP contribution in [0.5, 0.6) is 5.75 Å². The first-order valence-corrected chi connectivity index (χ1v) is 9.36. The quantitative estimate of drug-likeness (QED) is 0.498. The van der Waals surface area contributed by atoms with Gasteiger partial charge in [-0.15, -0.1) is 21.8 Å². The number of nitrogens with zero attached hydrogens (tertiary/aromatic N) is 3. The Bertz CT molecular complexity index is 957. The van der Waals surface area contributed by atoms with Crippen LogP contribution in [0, 0.1) is 6.92 Å². The molecule has 0 aliphatic carbocycles. The van der Waals surface area contributed by atoms with E-state index in [0.717, 1.165) is 27.4 Å². The summed E-state index contributed by atoms with van der Waals surface area (Å²) in [6.07, 6.45) is 0. The maximum absolute atomic E-state index is 12.4. The lowest BCUT2D eigenvalue weighted by atomic mass is 9.94. The molecule has 5 nitrogen and oxygen atoms in total. The van der Waals surface area contributed by atoms with Crippen LogP contribution in [0.1, 0.15) is 17.2 Å². The van der Waals surface area contributed by atoms with Gasteiger partial charge < -0.3 is 4.74 Å². The zero-order chi connectivity index (χ0) is 18.3. The van der Waals surface area contributed by atoms with Gasteiger partial charge in [-0.2, -0.15) is 0 Å². The molecule has 1 amide bonds. The summed E-state index contributed by atoms with van der Waals surface area (Å²) in [6.45, 7) is 2.03. The summed E-state index contributed by atoms with van der Waals surface area (Å²) in [5, 5.41) is 9.26. The van der Waals surface area contributed by atoms with E-state index in [2.05, 4.69) is 10.2 Å². The molecule has 3 aromatic rings. The van der Waals surface area contributed by atoms with Gasteiger partial charge in [0.15, 0.2) is 0 Å². The molecular formula is C19H16ClN3O2S. The van der Waals surface area contributed by atoms with Gasteiger partial charge in [0.2, 0.25) is 11.0 Å². The molecule has 1 aromatic heterocycles. The van der Waals surface area contributed by atoms with Crippen molar-refractivity contribution in [1.29, 1.82) is 0 Å². The van der Waals surface area contributed by atoms with E-state index in [-0.39, 0.29) is 11.9 Å². The monoisotopic (exact) mass is 385 g/mol. The average Bonchev–Trinajstić information content (AvgIpc) is 3.14. The van der Waals surface area contributed by atoms with Crippen molar-refractivity contribution in [2.75, 3.05) is 12.0 Å². The number of alkyl halides is 1. The summed E-state index contributed by atoms with van der Waals surface area (Å²) < 4.78 is 5.19. The number of hydrogen-bond donors (Lipinski definition) is 0. The highest BCUT2D eigenvalue weighted by Crippen LogP contribution is 2.44. The standard InChI is InChI=1S/C19H16ClN3O2S/c1-11-5-3-4-6-14(11)17-21-22-19(26-17)23-16(15(20)18(23)24)12-7-9-13(25-2)10-8-12/h3-10,15-16H,1-2H3. The predicted molar refractivity (Wildman–Crippen MR) is 103 cm³/mol. The van der Waals surface area contributed by atoms with E-state index in [0.29, 0.717) is 5.13 Å². The number of halogens is 1. The summed E-state index contributed by atoms with van der Waals surface area (Å²) in [5.74, 6) is 0.606. The number of amides is 1. The first-order chi connectivity index (χ1) is 12.6. The number of β-lactam (4-membered cyclic amide) rings is 1. The number of rotatable bonds is 4. The molecule has 0 bridgehead atoms. The number of anilines is 1. The summed E-state index contributed by atoms with van der Waals surface area (Å²) in [5.41, 5.74) is 3.08. The number of methoxy groups -OCH3 is 1. The number of aromatic nitrogens is 2. The SMILES string of the molecule is COc1ccc(C2C(Cl)C(=O)N2c2nnc(-c3ccccc3C)s2)cc1. The van der Waals surface area contributed by atoms with Gasteiger partial charge in [-0.3, -0.25) is 9.69 Å². The first kappa shape index (κ1) is 17.0. The third kappa shape index (κ3) is 2.75. The number of aryl methyl sites for hydroxylation is 1. The van der Waals surface area contributed by atoms with Crippen molar-refractivity contribution in [2.45, 2.75) is 18.3 Å².